The molecule has 25 heavy (non-hydrogen) atoms. The Balaban J connectivity index is 1.72. The molecule has 1 aliphatic rings. The van der Waals surface area contributed by atoms with E-state index in [9.17, 15) is 9.90 Å². The molecule has 0 bridgehead atoms. The van der Waals surface area contributed by atoms with Crippen molar-refractivity contribution in [2.24, 2.45) is 0 Å². The van der Waals surface area contributed by atoms with Crippen molar-refractivity contribution in [2.45, 2.75) is 18.6 Å². The average molecular weight is 337 g/mol. The molecule has 0 saturated carbocycles. The minimum Gasteiger partial charge on any atom is -0.497 e. The standard InChI is InChI=1S/C19H19N3O3/c1-25-15-5-2-4-13(10-15)17-11-14(23)12-22(17)19(24)16-6-3-7-18-20-8-9-21(16)18/h2-10,14,17,23H,11-12H2,1H3/t14-,17+/m1/s1. The van der Waals surface area contributed by atoms with Gasteiger partial charge in [-0.3, -0.25) is 9.20 Å². The van der Waals surface area contributed by atoms with Crippen LogP contribution in [0.3, 0.4) is 0 Å². The first kappa shape index (κ1) is 15.7. The van der Waals surface area contributed by atoms with Crippen LogP contribution in [0.1, 0.15) is 28.5 Å². The van der Waals surface area contributed by atoms with Crippen LogP contribution in [0.15, 0.2) is 54.9 Å². The maximum atomic E-state index is 13.2. The number of aliphatic hydroxyl groups is 1. The zero-order valence-corrected chi connectivity index (χ0v) is 13.9. The summed E-state index contributed by atoms with van der Waals surface area (Å²) in [6.45, 7) is 0.311. The molecule has 1 fully saturated rings. The van der Waals surface area contributed by atoms with E-state index in [0.29, 0.717) is 18.7 Å². The Morgan fingerprint density at radius 2 is 2.12 bits per heavy atom. The fraction of sp³-hybridized carbons (Fsp3) is 0.263. The fourth-order valence-corrected chi connectivity index (χ4v) is 3.47. The summed E-state index contributed by atoms with van der Waals surface area (Å²) in [4.78, 5) is 19.1. The second-order valence-electron chi connectivity index (χ2n) is 6.21. The SMILES string of the molecule is COc1cccc([C@@H]2C[C@@H](O)CN2C(=O)c2cccc3nccn23)c1. The molecule has 4 rings (SSSR count). The number of amides is 1. The van der Waals surface area contributed by atoms with E-state index < -0.39 is 6.10 Å². The Morgan fingerprint density at radius 3 is 2.96 bits per heavy atom. The lowest BCUT2D eigenvalue weighted by Crippen LogP contribution is -2.33. The molecule has 1 amide bonds. The molecule has 0 unspecified atom stereocenters. The molecule has 6 heteroatoms. The van der Waals surface area contributed by atoms with Gasteiger partial charge in [-0.05, 0) is 36.2 Å². The van der Waals surface area contributed by atoms with Gasteiger partial charge in [-0.15, -0.1) is 0 Å². The van der Waals surface area contributed by atoms with Crippen molar-refractivity contribution < 1.29 is 14.6 Å². The number of hydrogen-bond acceptors (Lipinski definition) is 4. The normalized spacial score (nSPS) is 20.2. The van der Waals surface area contributed by atoms with E-state index in [2.05, 4.69) is 4.98 Å². The smallest absolute Gasteiger partial charge is 0.271 e. The van der Waals surface area contributed by atoms with E-state index in [1.165, 1.54) is 0 Å². The van der Waals surface area contributed by atoms with Crippen LogP contribution in [0.4, 0.5) is 0 Å². The lowest BCUT2D eigenvalue weighted by Gasteiger charge is -2.25. The van der Waals surface area contributed by atoms with E-state index in [0.717, 1.165) is 17.0 Å². The number of methoxy groups -OCH3 is 1. The number of nitrogens with zero attached hydrogens (tertiary/aromatic N) is 3. The van der Waals surface area contributed by atoms with Crippen molar-refractivity contribution in [3.05, 3.63) is 66.1 Å². The molecule has 3 aromatic rings. The maximum absolute atomic E-state index is 13.2. The number of rotatable bonds is 3. The molecule has 0 radical (unpaired) electrons. The zero-order valence-electron chi connectivity index (χ0n) is 13.9. The van der Waals surface area contributed by atoms with Crippen LogP contribution in [-0.4, -0.2) is 45.1 Å². The molecule has 1 N–H and O–H groups in total. The van der Waals surface area contributed by atoms with Crippen LogP contribution in [0.5, 0.6) is 5.75 Å². The van der Waals surface area contributed by atoms with E-state index >= 15 is 0 Å². The first-order chi connectivity index (χ1) is 12.2. The van der Waals surface area contributed by atoms with Gasteiger partial charge in [0.15, 0.2) is 0 Å². The van der Waals surface area contributed by atoms with Crippen LogP contribution < -0.4 is 4.74 Å². The Hall–Kier alpha value is -2.86. The van der Waals surface area contributed by atoms with Gasteiger partial charge in [0.2, 0.25) is 0 Å². The number of carbonyl (C=O) groups is 1. The average Bonchev–Trinajstić information content (AvgIpc) is 3.27. The predicted molar refractivity (Wildman–Crippen MR) is 92.6 cm³/mol. The van der Waals surface area contributed by atoms with Gasteiger partial charge in [0.05, 0.1) is 19.3 Å². The van der Waals surface area contributed by atoms with Gasteiger partial charge in [0.25, 0.3) is 5.91 Å². The number of ether oxygens (including phenoxy) is 1. The zero-order chi connectivity index (χ0) is 17.4. The highest BCUT2D eigenvalue weighted by Gasteiger charge is 2.36. The summed E-state index contributed by atoms with van der Waals surface area (Å²) in [5.74, 6) is 0.621. The van der Waals surface area contributed by atoms with Gasteiger partial charge in [0.1, 0.15) is 17.1 Å². The third-order valence-electron chi connectivity index (χ3n) is 4.67. The van der Waals surface area contributed by atoms with Crippen molar-refractivity contribution in [1.29, 1.82) is 0 Å². The molecule has 1 aliphatic heterocycles. The molecule has 6 nitrogen and oxygen atoms in total. The number of aromatic nitrogens is 2. The molecule has 1 saturated heterocycles. The van der Waals surface area contributed by atoms with Crippen molar-refractivity contribution >= 4 is 11.6 Å². The van der Waals surface area contributed by atoms with Crippen LogP contribution in [0, 0.1) is 0 Å². The van der Waals surface area contributed by atoms with Gasteiger partial charge in [-0.25, -0.2) is 4.98 Å². The second-order valence-corrected chi connectivity index (χ2v) is 6.21. The summed E-state index contributed by atoms with van der Waals surface area (Å²) >= 11 is 0. The van der Waals surface area contributed by atoms with Gasteiger partial charge in [-0.1, -0.05) is 18.2 Å². The summed E-state index contributed by atoms with van der Waals surface area (Å²) in [7, 11) is 1.62. The Kier molecular flexibility index (Phi) is 3.89. The summed E-state index contributed by atoms with van der Waals surface area (Å²) in [6.07, 6.45) is 3.42. The summed E-state index contributed by atoms with van der Waals surface area (Å²) in [5.41, 5.74) is 2.22. The Morgan fingerprint density at radius 1 is 1.28 bits per heavy atom. The monoisotopic (exact) mass is 337 g/mol. The molecule has 1 aromatic carbocycles. The fourth-order valence-electron chi connectivity index (χ4n) is 3.47. The Labute approximate surface area is 145 Å². The summed E-state index contributed by atoms with van der Waals surface area (Å²) in [6, 6.07) is 12.9. The van der Waals surface area contributed by atoms with Crippen LogP contribution >= 0.6 is 0 Å². The molecular formula is C19H19N3O3. The minimum absolute atomic E-state index is 0.118. The number of imidazole rings is 1. The van der Waals surface area contributed by atoms with Crippen LogP contribution in [0.2, 0.25) is 0 Å². The number of pyridine rings is 1. The van der Waals surface area contributed by atoms with E-state index in [1.807, 2.05) is 36.4 Å². The number of β-amino-alcohol motifs (C(OH)–C–C–N with tert-alkyl or cyclic N) is 1. The third-order valence-corrected chi connectivity index (χ3v) is 4.67. The number of fused-ring (bicyclic) bond motifs is 1. The first-order valence-corrected chi connectivity index (χ1v) is 8.22. The second kappa shape index (κ2) is 6.22. The number of benzene rings is 1. The van der Waals surface area contributed by atoms with E-state index in [4.69, 9.17) is 4.74 Å². The van der Waals surface area contributed by atoms with E-state index in [-0.39, 0.29) is 11.9 Å². The maximum Gasteiger partial charge on any atom is 0.271 e. The molecule has 0 aliphatic carbocycles. The highest BCUT2D eigenvalue weighted by atomic mass is 16.5. The number of carbonyl (C=O) groups excluding carboxylic acids is 1. The van der Waals surface area contributed by atoms with Crippen molar-refractivity contribution in [3.63, 3.8) is 0 Å². The first-order valence-electron chi connectivity index (χ1n) is 8.22. The number of aliphatic hydroxyl groups excluding tert-OH is 1. The topological polar surface area (TPSA) is 67.1 Å². The molecule has 128 valence electrons. The van der Waals surface area contributed by atoms with Gasteiger partial charge in [-0.2, -0.15) is 0 Å². The molecule has 0 spiro atoms. The highest BCUT2D eigenvalue weighted by Crippen LogP contribution is 2.34. The lowest BCUT2D eigenvalue weighted by atomic mass is 10.0. The van der Waals surface area contributed by atoms with Crippen LogP contribution in [-0.2, 0) is 0 Å². The molecule has 3 heterocycles. The van der Waals surface area contributed by atoms with Gasteiger partial charge < -0.3 is 14.7 Å². The van der Waals surface area contributed by atoms with Crippen molar-refractivity contribution in [2.75, 3.05) is 13.7 Å². The Bertz CT molecular complexity index is 921. The highest BCUT2D eigenvalue weighted by molar-refractivity contribution is 5.93. The van der Waals surface area contributed by atoms with Gasteiger partial charge in [0, 0.05) is 18.9 Å². The number of hydrogen-bond donors (Lipinski definition) is 1. The van der Waals surface area contributed by atoms with Crippen molar-refractivity contribution in [3.8, 4) is 5.75 Å². The van der Waals surface area contributed by atoms with Crippen LogP contribution in [0.25, 0.3) is 5.65 Å². The quantitative estimate of drug-likeness (QED) is 0.796. The molecule has 2 aromatic heterocycles. The largest absolute Gasteiger partial charge is 0.497 e. The third kappa shape index (κ3) is 2.74. The lowest BCUT2D eigenvalue weighted by molar-refractivity contribution is 0.0708. The molecular weight excluding hydrogens is 318 g/mol. The summed E-state index contributed by atoms with van der Waals surface area (Å²) in [5, 5.41) is 10.2. The van der Waals surface area contributed by atoms with Gasteiger partial charge >= 0.3 is 0 Å². The molecule has 2 atom stereocenters. The van der Waals surface area contributed by atoms with E-state index in [1.54, 1.807) is 34.9 Å². The predicted octanol–water partition coefficient (Wildman–Crippen LogP) is 2.29. The minimum atomic E-state index is -0.540. The van der Waals surface area contributed by atoms with Crippen molar-refractivity contribution in [1.82, 2.24) is 14.3 Å². The summed E-state index contributed by atoms with van der Waals surface area (Å²) < 4.78 is 7.06. The number of likely N-dealkylation sites (tertiary alicyclic amines) is 1.